The van der Waals surface area contributed by atoms with Gasteiger partial charge < -0.3 is 15.4 Å². The van der Waals surface area contributed by atoms with E-state index in [4.69, 9.17) is 4.74 Å². The molecule has 0 radical (unpaired) electrons. The van der Waals surface area contributed by atoms with E-state index in [0.29, 0.717) is 23.5 Å². The van der Waals surface area contributed by atoms with Gasteiger partial charge in [-0.05, 0) is 23.8 Å². The van der Waals surface area contributed by atoms with E-state index in [1.807, 2.05) is 48.5 Å². The van der Waals surface area contributed by atoms with Gasteiger partial charge in [0, 0.05) is 30.7 Å². The molecule has 126 valence electrons. The Hall–Kier alpha value is -3.34. The summed E-state index contributed by atoms with van der Waals surface area (Å²) < 4.78 is 5.16. The van der Waals surface area contributed by atoms with Crippen molar-refractivity contribution in [2.75, 3.05) is 17.7 Å². The molecule has 5 nitrogen and oxygen atoms in total. The van der Waals surface area contributed by atoms with E-state index in [1.54, 1.807) is 31.6 Å². The fraction of sp³-hybridized carbons (Fsp3) is 0.100. The third-order valence-corrected chi connectivity index (χ3v) is 3.67. The fourth-order valence-electron chi connectivity index (χ4n) is 2.36. The molecular formula is C20H19N3O2. The van der Waals surface area contributed by atoms with Crippen LogP contribution in [0.3, 0.4) is 0 Å². The molecule has 0 spiro atoms. The van der Waals surface area contributed by atoms with Crippen molar-refractivity contribution < 1.29 is 9.53 Å². The van der Waals surface area contributed by atoms with Crippen molar-refractivity contribution >= 4 is 17.3 Å². The zero-order valence-electron chi connectivity index (χ0n) is 13.9. The summed E-state index contributed by atoms with van der Waals surface area (Å²) in [4.78, 5) is 16.6. The number of nitrogens with one attached hydrogen (secondary N) is 2. The summed E-state index contributed by atoms with van der Waals surface area (Å²) in [5.41, 5.74) is 3.11. The molecule has 3 rings (SSSR count). The Kier molecular flexibility index (Phi) is 5.26. The Labute approximate surface area is 146 Å². The molecule has 1 aromatic heterocycles. The SMILES string of the molecule is COc1cccc(NC(=O)c2cncc(NCc3ccccc3)c2)c1. The molecule has 0 bridgehead atoms. The van der Waals surface area contributed by atoms with Gasteiger partial charge in [0.1, 0.15) is 5.75 Å². The molecule has 2 N–H and O–H groups in total. The summed E-state index contributed by atoms with van der Waals surface area (Å²) >= 11 is 0. The van der Waals surface area contributed by atoms with Crippen LogP contribution in [-0.2, 0) is 6.54 Å². The number of anilines is 2. The minimum atomic E-state index is -0.218. The average Bonchev–Trinajstić information content (AvgIpc) is 2.67. The van der Waals surface area contributed by atoms with Crippen LogP contribution < -0.4 is 15.4 Å². The lowest BCUT2D eigenvalue weighted by atomic mass is 10.2. The molecule has 0 fully saturated rings. The van der Waals surface area contributed by atoms with E-state index in [1.165, 1.54) is 0 Å². The average molecular weight is 333 g/mol. The maximum Gasteiger partial charge on any atom is 0.257 e. The molecule has 3 aromatic rings. The van der Waals surface area contributed by atoms with E-state index < -0.39 is 0 Å². The maximum absolute atomic E-state index is 12.4. The second kappa shape index (κ2) is 7.97. The van der Waals surface area contributed by atoms with Crippen LogP contribution in [0.1, 0.15) is 15.9 Å². The number of carbonyl (C=O) groups excluding carboxylic acids is 1. The second-order valence-corrected chi connectivity index (χ2v) is 5.49. The summed E-state index contributed by atoms with van der Waals surface area (Å²) in [5, 5.41) is 6.12. The smallest absolute Gasteiger partial charge is 0.257 e. The quantitative estimate of drug-likeness (QED) is 0.717. The minimum absolute atomic E-state index is 0.218. The third-order valence-electron chi connectivity index (χ3n) is 3.67. The van der Waals surface area contributed by atoms with Gasteiger partial charge in [0.2, 0.25) is 0 Å². The molecule has 0 aliphatic heterocycles. The van der Waals surface area contributed by atoms with Gasteiger partial charge in [0.15, 0.2) is 0 Å². The molecule has 0 saturated carbocycles. The summed E-state index contributed by atoms with van der Waals surface area (Å²) in [6.07, 6.45) is 3.24. The molecule has 0 saturated heterocycles. The molecule has 0 aliphatic rings. The number of amides is 1. The number of ether oxygens (including phenoxy) is 1. The minimum Gasteiger partial charge on any atom is -0.497 e. The number of methoxy groups -OCH3 is 1. The van der Waals surface area contributed by atoms with Gasteiger partial charge in [-0.25, -0.2) is 0 Å². The van der Waals surface area contributed by atoms with E-state index in [2.05, 4.69) is 15.6 Å². The highest BCUT2D eigenvalue weighted by Crippen LogP contribution is 2.18. The van der Waals surface area contributed by atoms with Crippen molar-refractivity contribution in [3.63, 3.8) is 0 Å². The Bertz CT molecular complexity index is 850. The molecule has 1 amide bonds. The van der Waals surface area contributed by atoms with Crippen LogP contribution in [0.2, 0.25) is 0 Å². The van der Waals surface area contributed by atoms with Crippen LogP contribution >= 0.6 is 0 Å². The Morgan fingerprint density at radius 3 is 2.64 bits per heavy atom. The summed E-state index contributed by atoms with van der Waals surface area (Å²) in [7, 11) is 1.59. The van der Waals surface area contributed by atoms with Crippen LogP contribution in [0.4, 0.5) is 11.4 Å². The van der Waals surface area contributed by atoms with Crippen molar-refractivity contribution in [1.29, 1.82) is 0 Å². The molecule has 5 heteroatoms. The maximum atomic E-state index is 12.4. The predicted molar refractivity (Wildman–Crippen MR) is 99.0 cm³/mol. The molecule has 25 heavy (non-hydrogen) atoms. The molecule has 0 aliphatic carbocycles. The van der Waals surface area contributed by atoms with Crippen molar-refractivity contribution in [3.8, 4) is 5.75 Å². The molecule has 0 unspecified atom stereocenters. The van der Waals surface area contributed by atoms with Gasteiger partial charge >= 0.3 is 0 Å². The van der Waals surface area contributed by atoms with Crippen molar-refractivity contribution in [2.45, 2.75) is 6.54 Å². The zero-order valence-corrected chi connectivity index (χ0v) is 13.9. The van der Waals surface area contributed by atoms with Gasteiger partial charge in [0.25, 0.3) is 5.91 Å². The Balaban J connectivity index is 1.66. The second-order valence-electron chi connectivity index (χ2n) is 5.49. The van der Waals surface area contributed by atoms with E-state index >= 15 is 0 Å². The number of carbonyl (C=O) groups is 1. The van der Waals surface area contributed by atoms with E-state index in [0.717, 1.165) is 11.3 Å². The molecule has 0 atom stereocenters. The predicted octanol–water partition coefficient (Wildman–Crippen LogP) is 3.95. The van der Waals surface area contributed by atoms with Crippen molar-refractivity contribution in [3.05, 3.63) is 84.2 Å². The first kappa shape index (κ1) is 16.5. The first-order valence-electron chi connectivity index (χ1n) is 7.93. The zero-order chi connectivity index (χ0) is 17.5. The van der Waals surface area contributed by atoms with Crippen molar-refractivity contribution in [1.82, 2.24) is 4.98 Å². The lowest BCUT2D eigenvalue weighted by molar-refractivity contribution is 0.102. The van der Waals surface area contributed by atoms with Gasteiger partial charge in [-0.2, -0.15) is 0 Å². The number of hydrogen-bond acceptors (Lipinski definition) is 4. The summed E-state index contributed by atoms with van der Waals surface area (Å²) in [5.74, 6) is 0.471. The van der Waals surface area contributed by atoms with E-state index in [-0.39, 0.29) is 5.91 Å². The molecule has 1 heterocycles. The van der Waals surface area contributed by atoms with Crippen LogP contribution in [0.15, 0.2) is 73.1 Å². The number of pyridine rings is 1. The van der Waals surface area contributed by atoms with Gasteiger partial charge in [-0.1, -0.05) is 36.4 Å². The van der Waals surface area contributed by atoms with Crippen LogP contribution in [0, 0.1) is 0 Å². The highest BCUT2D eigenvalue weighted by molar-refractivity contribution is 6.04. The monoisotopic (exact) mass is 333 g/mol. The van der Waals surface area contributed by atoms with Gasteiger partial charge in [-0.15, -0.1) is 0 Å². The first-order chi connectivity index (χ1) is 12.2. The number of nitrogens with zero attached hydrogens (tertiary/aromatic N) is 1. The van der Waals surface area contributed by atoms with Crippen LogP contribution in [0.5, 0.6) is 5.75 Å². The van der Waals surface area contributed by atoms with Crippen LogP contribution in [-0.4, -0.2) is 18.0 Å². The fourth-order valence-corrected chi connectivity index (χ4v) is 2.36. The number of benzene rings is 2. The molecule has 2 aromatic carbocycles. The van der Waals surface area contributed by atoms with Crippen molar-refractivity contribution in [2.24, 2.45) is 0 Å². The molecular weight excluding hydrogens is 314 g/mol. The number of aromatic nitrogens is 1. The van der Waals surface area contributed by atoms with Gasteiger partial charge in [0.05, 0.1) is 18.4 Å². The largest absolute Gasteiger partial charge is 0.497 e. The third kappa shape index (κ3) is 4.57. The summed E-state index contributed by atoms with van der Waals surface area (Å²) in [6, 6.07) is 19.1. The van der Waals surface area contributed by atoms with E-state index in [9.17, 15) is 4.79 Å². The highest BCUT2D eigenvalue weighted by Gasteiger charge is 2.08. The summed E-state index contributed by atoms with van der Waals surface area (Å²) in [6.45, 7) is 0.670. The number of hydrogen-bond donors (Lipinski definition) is 2. The Morgan fingerprint density at radius 2 is 1.84 bits per heavy atom. The normalized spacial score (nSPS) is 10.1. The standard InChI is InChI=1S/C20H19N3O2/c1-25-19-9-5-8-17(11-19)23-20(24)16-10-18(14-21-13-16)22-12-15-6-3-2-4-7-15/h2-11,13-14,22H,12H2,1H3,(H,23,24). The first-order valence-corrected chi connectivity index (χ1v) is 7.93. The number of rotatable bonds is 6. The Morgan fingerprint density at radius 1 is 1.00 bits per heavy atom. The topological polar surface area (TPSA) is 63.2 Å². The lowest BCUT2D eigenvalue weighted by Gasteiger charge is -2.09. The van der Waals surface area contributed by atoms with Gasteiger partial charge in [-0.3, -0.25) is 9.78 Å². The van der Waals surface area contributed by atoms with Crippen LogP contribution in [0.25, 0.3) is 0 Å². The highest BCUT2D eigenvalue weighted by atomic mass is 16.5. The lowest BCUT2D eigenvalue weighted by Crippen LogP contribution is -2.12.